The predicted molar refractivity (Wildman–Crippen MR) is 74.1 cm³/mol. The quantitative estimate of drug-likeness (QED) is 0.871. The Balaban J connectivity index is 1.73. The molecule has 1 aromatic rings. The van der Waals surface area contributed by atoms with E-state index in [1.165, 1.54) is 5.56 Å². The Kier molecular flexibility index (Phi) is 3.48. The van der Waals surface area contributed by atoms with Crippen LogP contribution in [0.5, 0.6) is 5.75 Å². The SMILES string of the molecule is CC1(CN2CCOc3ccccc3C2)COCC1N. The number of nitrogens with zero attached hydrogens (tertiary/aromatic N) is 1. The summed E-state index contributed by atoms with van der Waals surface area (Å²) in [5.74, 6) is 1.02. The van der Waals surface area contributed by atoms with Gasteiger partial charge in [-0.1, -0.05) is 25.1 Å². The summed E-state index contributed by atoms with van der Waals surface area (Å²) in [6.07, 6.45) is 0. The van der Waals surface area contributed by atoms with E-state index in [9.17, 15) is 0 Å². The zero-order valence-corrected chi connectivity index (χ0v) is 11.5. The van der Waals surface area contributed by atoms with Crippen molar-refractivity contribution in [2.75, 3.05) is 32.9 Å². The maximum Gasteiger partial charge on any atom is 0.123 e. The van der Waals surface area contributed by atoms with Gasteiger partial charge in [0.05, 0.1) is 13.2 Å². The summed E-state index contributed by atoms with van der Waals surface area (Å²) < 4.78 is 11.3. The molecular formula is C15H22N2O2. The van der Waals surface area contributed by atoms with Crippen LogP contribution in [-0.2, 0) is 11.3 Å². The lowest BCUT2D eigenvalue weighted by Gasteiger charge is -2.33. The van der Waals surface area contributed by atoms with Gasteiger partial charge in [0.25, 0.3) is 0 Å². The van der Waals surface area contributed by atoms with Crippen molar-refractivity contribution >= 4 is 0 Å². The van der Waals surface area contributed by atoms with E-state index in [0.29, 0.717) is 6.61 Å². The minimum absolute atomic E-state index is 0.0548. The van der Waals surface area contributed by atoms with Gasteiger partial charge in [0.1, 0.15) is 12.4 Å². The lowest BCUT2D eigenvalue weighted by Crippen LogP contribution is -2.47. The van der Waals surface area contributed by atoms with Gasteiger partial charge in [-0.25, -0.2) is 0 Å². The second-order valence-electron chi connectivity index (χ2n) is 5.94. The number of hydrogen-bond acceptors (Lipinski definition) is 4. The molecule has 2 atom stereocenters. The minimum Gasteiger partial charge on any atom is -0.492 e. The average Bonchev–Trinajstić information content (AvgIpc) is 2.62. The first kappa shape index (κ1) is 12.9. The Bertz CT molecular complexity index is 452. The highest BCUT2D eigenvalue weighted by molar-refractivity contribution is 5.33. The number of para-hydroxylation sites is 1. The highest BCUT2D eigenvalue weighted by Crippen LogP contribution is 2.30. The first-order chi connectivity index (χ1) is 9.17. The molecule has 4 nitrogen and oxygen atoms in total. The number of fused-ring (bicyclic) bond motifs is 1. The molecule has 19 heavy (non-hydrogen) atoms. The topological polar surface area (TPSA) is 47.7 Å². The summed E-state index contributed by atoms with van der Waals surface area (Å²) in [5, 5.41) is 0. The third-order valence-corrected chi connectivity index (χ3v) is 4.24. The van der Waals surface area contributed by atoms with E-state index >= 15 is 0 Å². The first-order valence-electron chi connectivity index (χ1n) is 6.94. The number of hydrogen-bond donors (Lipinski definition) is 1. The van der Waals surface area contributed by atoms with Crippen LogP contribution in [0.2, 0.25) is 0 Å². The van der Waals surface area contributed by atoms with E-state index in [1.807, 2.05) is 12.1 Å². The van der Waals surface area contributed by atoms with Gasteiger partial charge in [-0.05, 0) is 6.07 Å². The Hall–Kier alpha value is -1.10. The number of benzene rings is 1. The van der Waals surface area contributed by atoms with E-state index in [0.717, 1.165) is 38.6 Å². The molecule has 1 aromatic carbocycles. The van der Waals surface area contributed by atoms with Crippen LogP contribution >= 0.6 is 0 Å². The third-order valence-electron chi connectivity index (χ3n) is 4.24. The van der Waals surface area contributed by atoms with Crippen molar-refractivity contribution in [3.05, 3.63) is 29.8 Å². The Morgan fingerprint density at radius 1 is 1.42 bits per heavy atom. The molecule has 0 spiro atoms. The monoisotopic (exact) mass is 262 g/mol. The van der Waals surface area contributed by atoms with Gasteiger partial charge in [-0.2, -0.15) is 0 Å². The van der Waals surface area contributed by atoms with Crippen LogP contribution in [-0.4, -0.2) is 43.9 Å². The van der Waals surface area contributed by atoms with Crippen LogP contribution in [0.3, 0.4) is 0 Å². The zero-order valence-electron chi connectivity index (χ0n) is 11.5. The summed E-state index contributed by atoms with van der Waals surface area (Å²) in [6, 6.07) is 8.41. The molecule has 2 aliphatic heterocycles. The normalized spacial score (nSPS) is 31.6. The van der Waals surface area contributed by atoms with Crippen LogP contribution in [0.1, 0.15) is 12.5 Å². The molecule has 4 heteroatoms. The first-order valence-corrected chi connectivity index (χ1v) is 6.94. The van der Waals surface area contributed by atoms with Crippen molar-refractivity contribution in [2.24, 2.45) is 11.1 Å². The summed E-state index contributed by atoms with van der Waals surface area (Å²) >= 11 is 0. The molecule has 1 fully saturated rings. The Morgan fingerprint density at radius 3 is 3.05 bits per heavy atom. The zero-order chi connectivity index (χ0) is 13.3. The van der Waals surface area contributed by atoms with E-state index < -0.39 is 0 Å². The van der Waals surface area contributed by atoms with E-state index in [1.54, 1.807) is 0 Å². The van der Waals surface area contributed by atoms with Gasteiger partial charge in [-0.15, -0.1) is 0 Å². The van der Waals surface area contributed by atoms with Gasteiger partial charge in [0.2, 0.25) is 0 Å². The molecule has 2 N–H and O–H groups in total. The standard InChI is InChI=1S/C15H22N2O2/c1-15(11-18-9-14(15)16)10-17-6-7-19-13-5-3-2-4-12(13)8-17/h2-5,14H,6-11,16H2,1H3. The second kappa shape index (κ2) is 5.12. The van der Waals surface area contributed by atoms with Crippen LogP contribution in [0.4, 0.5) is 0 Å². The maximum absolute atomic E-state index is 6.18. The third kappa shape index (κ3) is 2.61. The predicted octanol–water partition coefficient (Wildman–Crippen LogP) is 1.24. The molecular weight excluding hydrogens is 240 g/mol. The smallest absolute Gasteiger partial charge is 0.123 e. The molecule has 0 radical (unpaired) electrons. The van der Waals surface area contributed by atoms with Crippen molar-refractivity contribution < 1.29 is 9.47 Å². The molecule has 104 valence electrons. The number of nitrogens with two attached hydrogens (primary N) is 1. The highest BCUT2D eigenvalue weighted by Gasteiger charge is 2.39. The van der Waals surface area contributed by atoms with Crippen molar-refractivity contribution in [1.82, 2.24) is 4.90 Å². The van der Waals surface area contributed by atoms with Crippen molar-refractivity contribution in [3.63, 3.8) is 0 Å². The van der Waals surface area contributed by atoms with Crippen LogP contribution in [0, 0.1) is 5.41 Å². The molecule has 2 heterocycles. The second-order valence-corrected chi connectivity index (χ2v) is 5.94. The Morgan fingerprint density at radius 2 is 2.26 bits per heavy atom. The molecule has 0 aromatic heterocycles. The summed E-state index contributed by atoms with van der Waals surface area (Å²) in [5.41, 5.74) is 7.50. The van der Waals surface area contributed by atoms with E-state index in [4.69, 9.17) is 15.2 Å². The summed E-state index contributed by atoms with van der Waals surface area (Å²) in [7, 11) is 0. The number of rotatable bonds is 2. The summed E-state index contributed by atoms with van der Waals surface area (Å²) in [4.78, 5) is 2.43. The maximum atomic E-state index is 6.18. The van der Waals surface area contributed by atoms with Crippen molar-refractivity contribution in [1.29, 1.82) is 0 Å². The molecule has 0 aliphatic carbocycles. The fourth-order valence-corrected chi connectivity index (χ4v) is 2.92. The van der Waals surface area contributed by atoms with Crippen molar-refractivity contribution in [3.8, 4) is 5.75 Å². The largest absolute Gasteiger partial charge is 0.492 e. The van der Waals surface area contributed by atoms with Crippen molar-refractivity contribution in [2.45, 2.75) is 19.5 Å². The molecule has 2 aliphatic rings. The Labute approximate surface area is 114 Å². The lowest BCUT2D eigenvalue weighted by molar-refractivity contribution is 0.111. The van der Waals surface area contributed by atoms with Gasteiger partial charge >= 0.3 is 0 Å². The van der Waals surface area contributed by atoms with Gasteiger partial charge in [-0.3, -0.25) is 4.90 Å². The average molecular weight is 262 g/mol. The van der Waals surface area contributed by atoms with Gasteiger partial charge in [0.15, 0.2) is 0 Å². The van der Waals surface area contributed by atoms with Crippen LogP contribution < -0.4 is 10.5 Å². The van der Waals surface area contributed by atoms with E-state index in [-0.39, 0.29) is 11.5 Å². The molecule has 0 bridgehead atoms. The molecule has 3 rings (SSSR count). The lowest BCUT2D eigenvalue weighted by atomic mass is 9.85. The molecule has 1 saturated heterocycles. The molecule has 0 saturated carbocycles. The van der Waals surface area contributed by atoms with E-state index in [2.05, 4.69) is 24.0 Å². The van der Waals surface area contributed by atoms with Gasteiger partial charge < -0.3 is 15.2 Å². The molecule has 2 unspecified atom stereocenters. The van der Waals surface area contributed by atoms with Crippen LogP contribution in [0.15, 0.2) is 24.3 Å². The van der Waals surface area contributed by atoms with Crippen LogP contribution in [0.25, 0.3) is 0 Å². The number of ether oxygens (including phenoxy) is 2. The highest BCUT2D eigenvalue weighted by atomic mass is 16.5. The van der Waals surface area contributed by atoms with Gasteiger partial charge in [0, 0.05) is 36.7 Å². The minimum atomic E-state index is 0.0548. The summed E-state index contributed by atoms with van der Waals surface area (Å²) in [6.45, 7) is 7.23. The fraction of sp³-hybridized carbons (Fsp3) is 0.600. The fourth-order valence-electron chi connectivity index (χ4n) is 2.92. The molecule has 0 amide bonds.